The van der Waals surface area contributed by atoms with E-state index in [1.807, 2.05) is 10.8 Å². The average Bonchev–Trinajstić information content (AvgIpc) is 3.23. The summed E-state index contributed by atoms with van der Waals surface area (Å²) in [4.78, 5) is 19.4. The van der Waals surface area contributed by atoms with Crippen LogP contribution in [0.1, 0.15) is 24.0 Å². The van der Waals surface area contributed by atoms with Crippen molar-refractivity contribution < 1.29 is 0 Å². The lowest BCUT2D eigenvalue weighted by Gasteiger charge is -2.06. The number of benzene rings is 1. The molecule has 0 bridgehead atoms. The van der Waals surface area contributed by atoms with Gasteiger partial charge in [-0.2, -0.15) is 0 Å². The summed E-state index contributed by atoms with van der Waals surface area (Å²) in [6.07, 6.45) is 4.29. The van der Waals surface area contributed by atoms with Crippen LogP contribution in [0, 0.1) is 19.8 Å². The molecule has 3 aromatic rings. The maximum atomic E-state index is 12.1. The Kier molecular flexibility index (Phi) is 2.93. The fourth-order valence-corrected chi connectivity index (χ4v) is 3.07. The number of aryl methyl sites for hydroxylation is 2. The summed E-state index contributed by atoms with van der Waals surface area (Å²) in [5.74, 6) is 0.654. The number of H-pyrrole nitrogens is 1. The minimum absolute atomic E-state index is 0.0491. The number of hydrogen-bond acceptors (Lipinski definition) is 2. The van der Waals surface area contributed by atoms with E-state index in [9.17, 15) is 4.79 Å². The molecular weight excluding hydrogens is 274 g/mol. The monoisotopic (exact) mass is 293 g/mol. The Labute approximate surface area is 128 Å². The molecule has 2 heterocycles. The van der Waals surface area contributed by atoms with Crippen molar-refractivity contribution in [2.45, 2.75) is 33.2 Å². The molecule has 1 fully saturated rings. The number of aromatic amines is 1. The number of nitrogens with one attached hydrogen (secondary N) is 1. The lowest BCUT2D eigenvalue weighted by Crippen LogP contribution is -2.17. The minimum atomic E-state index is -0.0491. The van der Waals surface area contributed by atoms with Gasteiger partial charge in [-0.3, -0.25) is 9.55 Å². The minimum Gasteiger partial charge on any atom is -0.290 e. The molecule has 0 unspecified atom stereocenters. The Balaban J connectivity index is 1.86. The van der Waals surface area contributed by atoms with Gasteiger partial charge in [-0.1, -0.05) is 29.3 Å². The van der Waals surface area contributed by atoms with Crippen molar-refractivity contribution in [2.24, 2.45) is 5.92 Å². The lowest BCUT2D eigenvalue weighted by atomic mass is 10.0. The number of hydrogen-bond donors (Lipinski definition) is 1. The zero-order valence-electron chi connectivity index (χ0n) is 12.9. The summed E-state index contributed by atoms with van der Waals surface area (Å²) in [5.41, 5.74) is 6.22. The number of fused-ring (bicyclic) bond motifs is 1. The second kappa shape index (κ2) is 4.83. The molecule has 0 atom stereocenters. The molecule has 2 aromatic heterocycles. The average molecular weight is 293 g/mol. The lowest BCUT2D eigenvalue weighted by molar-refractivity contribution is 0.624. The summed E-state index contributed by atoms with van der Waals surface area (Å²) >= 11 is 0. The van der Waals surface area contributed by atoms with Crippen molar-refractivity contribution in [3.05, 3.63) is 52.1 Å². The summed E-state index contributed by atoms with van der Waals surface area (Å²) in [6.45, 7) is 5.00. The van der Waals surface area contributed by atoms with Crippen LogP contribution in [0.3, 0.4) is 0 Å². The van der Waals surface area contributed by atoms with E-state index in [-0.39, 0.29) is 5.69 Å². The van der Waals surface area contributed by atoms with Crippen molar-refractivity contribution in [3.8, 4) is 11.1 Å². The van der Waals surface area contributed by atoms with E-state index in [0.717, 1.165) is 23.2 Å². The molecule has 1 aromatic carbocycles. The molecule has 4 heteroatoms. The third-order valence-corrected chi connectivity index (χ3v) is 4.32. The summed E-state index contributed by atoms with van der Waals surface area (Å²) in [7, 11) is 0. The maximum absolute atomic E-state index is 12.1. The zero-order valence-corrected chi connectivity index (χ0v) is 12.9. The highest BCUT2D eigenvalue weighted by atomic mass is 16.1. The van der Waals surface area contributed by atoms with Gasteiger partial charge in [-0.15, -0.1) is 0 Å². The normalized spacial score (nSPS) is 14.6. The van der Waals surface area contributed by atoms with Crippen molar-refractivity contribution in [1.82, 2.24) is 14.5 Å². The largest absolute Gasteiger partial charge is 0.327 e. The van der Waals surface area contributed by atoms with E-state index in [1.54, 1.807) is 0 Å². The number of pyridine rings is 1. The van der Waals surface area contributed by atoms with Crippen LogP contribution >= 0.6 is 0 Å². The first-order valence-corrected chi connectivity index (χ1v) is 7.77. The molecule has 0 saturated heterocycles. The van der Waals surface area contributed by atoms with Crippen LogP contribution < -0.4 is 5.69 Å². The van der Waals surface area contributed by atoms with Gasteiger partial charge >= 0.3 is 5.69 Å². The van der Waals surface area contributed by atoms with Crippen molar-refractivity contribution >= 4 is 11.2 Å². The molecule has 1 saturated carbocycles. The first-order valence-electron chi connectivity index (χ1n) is 7.77. The van der Waals surface area contributed by atoms with Crippen LogP contribution in [-0.2, 0) is 6.54 Å². The van der Waals surface area contributed by atoms with E-state index >= 15 is 0 Å². The highest BCUT2D eigenvalue weighted by Gasteiger charge is 2.23. The van der Waals surface area contributed by atoms with Crippen LogP contribution in [-0.4, -0.2) is 14.5 Å². The molecule has 112 valence electrons. The smallest absolute Gasteiger partial charge is 0.290 e. The van der Waals surface area contributed by atoms with Crippen LogP contribution in [0.15, 0.2) is 35.3 Å². The topological polar surface area (TPSA) is 50.7 Å². The standard InChI is InChI=1S/C18H19N3O/c1-11-5-12(2)7-14(6-11)15-8-16-17(19-9-15)20-18(22)21(16)10-13-3-4-13/h5-9,13H,3-4,10H2,1-2H3,(H,19,20,22). The van der Waals surface area contributed by atoms with Gasteiger partial charge in [-0.05, 0) is 44.2 Å². The number of imidazole rings is 1. The molecule has 0 spiro atoms. The highest BCUT2D eigenvalue weighted by Crippen LogP contribution is 2.31. The molecule has 1 aliphatic carbocycles. The van der Waals surface area contributed by atoms with Gasteiger partial charge in [0.15, 0.2) is 5.65 Å². The van der Waals surface area contributed by atoms with Gasteiger partial charge < -0.3 is 0 Å². The summed E-state index contributed by atoms with van der Waals surface area (Å²) in [5, 5.41) is 0. The fourth-order valence-electron chi connectivity index (χ4n) is 3.07. The van der Waals surface area contributed by atoms with E-state index < -0.39 is 0 Å². The molecule has 0 aliphatic heterocycles. The van der Waals surface area contributed by atoms with E-state index in [2.05, 4.69) is 48.1 Å². The Hall–Kier alpha value is -2.36. The fraction of sp³-hybridized carbons (Fsp3) is 0.333. The second-order valence-electron chi connectivity index (χ2n) is 6.45. The predicted octanol–water partition coefficient (Wildman–Crippen LogP) is 3.42. The van der Waals surface area contributed by atoms with Crippen LogP contribution in [0.5, 0.6) is 0 Å². The van der Waals surface area contributed by atoms with E-state index in [4.69, 9.17) is 0 Å². The Morgan fingerprint density at radius 2 is 1.86 bits per heavy atom. The van der Waals surface area contributed by atoms with Crippen LogP contribution in [0.25, 0.3) is 22.3 Å². The summed E-state index contributed by atoms with van der Waals surface area (Å²) < 4.78 is 1.84. The van der Waals surface area contributed by atoms with Gasteiger partial charge in [0.1, 0.15) is 0 Å². The Morgan fingerprint density at radius 3 is 2.55 bits per heavy atom. The summed E-state index contributed by atoms with van der Waals surface area (Å²) in [6, 6.07) is 8.56. The first-order chi connectivity index (χ1) is 10.6. The molecule has 1 aliphatic rings. The van der Waals surface area contributed by atoms with Gasteiger partial charge in [0.25, 0.3) is 0 Å². The van der Waals surface area contributed by atoms with E-state index in [0.29, 0.717) is 11.6 Å². The number of rotatable bonds is 3. The van der Waals surface area contributed by atoms with Crippen LogP contribution in [0.2, 0.25) is 0 Å². The van der Waals surface area contributed by atoms with Crippen LogP contribution in [0.4, 0.5) is 0 Å². The molecular formula is C18H19N3O. The van der Waals surface area contributed by atoms with Crippen molar-refractivity contribution in [1.29, 1.82) is 0 Å². The molecule has 0 amide bonds. The number of aromatic nitrogens is 3. The molecule has 4 nitrogen and oxygen atoms in total. The quantitative estimate of drug-likeness (QED) is 0.804. The first kappa shape index (κ1) is 13.3. The Morgan fingerprint density at radius 1 is 1.14 bits per heavy atom. The molecule has 22 heavy (non-hydrogen) atoms. The van der Waals surface area contributed by atoms with Gasteiger partial charge in [0.05, 0.1) is 5.52 Å². The van der Waals surface area contributed by atoms with Crippen molar-refractivity contribution in [3.63, 3.8) is 0 Å². The van der Waals surface area contributed by atoms with E-state index in [1.165, 1.54) is 24.0 Å². The third-order valence-electron chi connectivity index (χ3n) is 4.32. The number of nitrogens with zero attached hydrogens (tertiary/aromatic N) is 2. The predicted molar refractivity (Wildman–Crippen MR) is 88.0 cm³/mol. The van der Waals surface area contributed by atoms with Gasteiger partial charge in [0.2, 0.25) is 0 Å². The third kappa shape index (κ3) is 2.34. The van der Waals surface area contributed by atoms with Crippen molar-refractivity contribution in [2.75, 3.05) is 0 Å². The molecule has 4 rings (SSSR count). The SMILES string of the molecule is Cc1cc(C)cc(-c2cnc3[nH]c(=O)n(CC4CC4)c3c2)c1. The maximum Gasteiger partial charge on any atom is 0.327 e. The second-order valence-corrected chi connectivity index (χ2v) is 6.45. The highest BCUT2D eigenvalue weighted by molar-refractivity contribution is 5.78. The van der Waals surface area contributed by atoms with Gasteiger partial charge in [0, 0.05) is 18.3 Å². The zero-order chi connectivity index (χ0) is 15.3. The van der Waals surface area contributed by atoms with Gasteiger partial charge in [-0.25, -0.2) is 9.78 Å². The molecule has 1 N–H and O–H groups in total. The molecule has 0 radical (unpaired) electrons. The Bertz CT molecular complexity index is 895.